The molecular weight excluding hydrogens is 344 g/mol. The summed E-state index contributed by atoms with van der Waals surface area (Å²) < 4.78 is 33.5. The molecule has 0 unspecified atom stereocenters. The molecule has 0 radical (unpaired) electrons. The lowest BCUT2D eigenvalue weighted by Gasteiger charge is -2.13. The highest BCUT2D eigenvalue weighted by Gasteiger charge is 2.14. The minimum atomic E-state index is -3.89. The van der Waals surface area contributed by atoms with Crippen molar-refractivity contribution in [3.8, 4) is 11.5 Å². The maximum Gasteiger partial charge on any atom is 0.262 e. The number of aryl methyl sites for hydroxylation is 2. The smallest absolute Gasteiger partial charge is 0.262 e. The van der Waals surface area contributed by atoms with Crippen LogP contribution in [-0.2, 0) is 14.8 Å². The van der Waals surface area contributed by atoms with Crippen molar-refractivity contribution in [2.75, 3.05) is 19.0 Å². The first-order valence-electron chi connectivity index (χ1n) is 7.41. The van der Waals surface area contributed by atoms with Crippen LogP contribution in [0.25, 0.3) is 0 Å². The van der Waals surface area contributed by atoms with Gasteiger partial charge in [-0.1, -0.05) is 12.1 Å². The minimum absolute atomic E-state index is 0.126. The molecule has 2 aromatic rings. The van der Waals surface area contributed by atoms with Gasteiger partial charge in [0.2, 0.25) is 10.0 Å². The van der Waals surface area contributed by atoms with Crippen LogP contribution in [0.3, 0.4) is 0 Å². The second-order valence-electron chi connectivity index (χ2n) is 5.51. The molecule has 7 nitrogen and oxygen atoms in total. The zero-order valence-electron chi connectivity index (χ0n) is 14.2. The molecule has 0 bridgehead atoms. The number of nitrogens with one attached hydrogen (secondary N) is 1. The largest absolute Gasteiger partial charge is 0.495 e. The van der Waals surface area contributed by atoms with Crippen LogP contribution in [0, 0.1) is 13.8 Å². The summed E-state index contributed by atoms with van der Waals surface area (Å²) in [6.45, 7) is 3.58. The summed E-state index contributed by atoms with van der Waals surface area (Å²) in [5.74, 6) is 0.471. The van der Waals surface area contributed by atoms with Gasteiger partial charge in [0, 0.05) is 0 Å². The molecule has 0 aliphatic carbocycles. The fourth-order valence-electron chi connectivity index (χ4n) is 2.15. The molecule has 0 aliphatic rings. The number of carbonyl (C=O) groups is 1. The zero-order chi connectivity index (χ0) is 18.6. The Morgan fingerprint density at radius 3 is 2.48 bits per heavy atom. The predicted molar refractivity (Wildman–Crippen MR) is 94.4 cm³/mol. The number of ether oxygens (including phenoxy) is 2. The van der Waals surface area contributed by atoms with E-state index in [4.69, 9.17) is 14.6 Å². The van der Waals surface area contributed by atoms with Gasteiger partial charge in [0.15, 0.2) is 6.61 Å². The second kappa shape index (κ2) is 7.54. The summed E-state index contributed by atoms with van der Waals surface area (Å²) in [5, 5.41) is 7.68. The molecule has 0 atom stereocenters. The third-order valence-electron chi connectivity index (χ3n) is 3.48. The van der Waals surface area contributed by atoms with Gasteiger partial charge in [0.1, 0.15) is 11.5 Å². The molecular formula is C17H20N2O5S. The van der Waals surface area contributed by atoms with E-state index >= 15 is 0 Å². The maximum absolute atomic E-state index is 12.1. The van der Waals surface area contributed by atoms with Crippen molar-refractivity contribution < 1.29 is 22.7 Å². The molecule has 8 heteroatoms. The maximum atomic E-state index is 12.1. The van der Waals surface area contributed by atoms with Crippen LogP contribution in [0.1, 0.15) is 11.1 Å². The predicted octanol–water partition coefficient (Wildman–Crippen LogP) is 1.98. The van der Waals surface area contributed by atoms with Crippen LogP contribution < -0.4 is 19.9 Å². The molecule has 0 heterocycles. The highest BCUT2D eigenvalue weighted by molar-refractivity contribution is 7.89. The van der Waals surface area contributed by atoms with E-state index in [0.29, 0.717) is 11.5 Å². The number of hydrogen-bond donors (Lipinski definition) is 2. The lowest BCUT2D eigenvalue weighted by Crippen LogP contribution is -2.21. The molecule has 0 aliphatic heterocycles. The Bertz CT molecular complexity index is 894. The lowest BCUT2D eigenvalue weighted by molar-refractivity contribution is -0.118. The van der Waals surface area contributed by atoms with Gasteiger partial charge >= 0.3 is 0 Å². The number of benzene rings is 2. The van der Waals surface area contributed by atoms with Crippen LogP contribution in [0.2, 0.25) is 0 Å². The molecule has 2 aromatic carbocycles. The number of sulfonamides is 1. The molecule has 0 spiro atoms. The SMILES string of the molecule is COc1ccc(S(N)(=O)=O)cc1NC(=O)COc1cc(C)ccc1C. The molecule has 1 amide bonds. The van der Waals surface area contributed by atoms with Gasteiger partial charge in [0.05, 0.1) is 17.7 Å². The van der Waals surface area contributed by atoms with E-state index in [1.165, 1.54) is 25.3 Å². The van der Waals surface area contributed by atoms with E-state index in [9.17, 15) is 13.2 Å². The highest BCUT2D eigenvalue weighted by atomic mass is 32.2. The number of amides is 1. The van der Waals surface area contributed by atoms with Crippen molar-refractivity contribution in [3.63, 3.8) is 0 Å². The normalized spacial score (nSPS) is 11.0. The molecule has 0 saturated carbocycles. The Balaban J connectivity index is 2.13. The molecule has 25 heavy (non-hydrogen) atoms. The number of hydrogen-bond acceptors (Lipinski definition) is 5. The van der Waals surface area contributed by atoms with Gasteiger partial charge in [-0.15, -0.1) is 0 Å². The monoisotopic (exact) mass is 364 g/mol. The van der Waals surface area contributed by atoms with Crippen LogP contribution in [0.5, 0.6) is 11.5 Å². The van der Waals surface area contributed by atoms with Gasteiger partial charge in [-0.3, -0.25) is 4.79 Å². The van der Waals surface area contributed by atoms with E-state index in [2.05, 4.69) is 5.32 Å². The summed E-state index contributed by atoms with van der Waals surface area (Å²) >= 11 is 0. The topological polar surface area (TPSA) is 108 Å². The molecule has 134 valence electrons. The first-order chi connectivity index (χ1) is 11.7. The summed E-state index contributed by atoms with van der Waals surface area (Å²) in [5.41, 5.74) is 2.12. The van der Waals surface area contributed by atoms with Gasteiger partial charge in [-0.05, 0) is 49.2 Å². The average Bonchev–Trinajstić information content (AvgIpc) is 2.54. The number of anilines is 1. The standard InChI is InChI=1S/C17H20N2O5S/c1-11-4-5-12(2)16(8-11)24-10-17(20)19-14-9-13(25(18,21)22)6-7-15(14)23-3/h4-9H,10H2,1-3H3,(H,19,20)(H2,18,21,22). The van der Waals surface area contributed by atoms with Crippen molar-refractivity contribution in [2.45, 2.75) is 18.7 Å². The fourth-order valence-corrected chi connectivity index (χ4v) is 2.69. The quantitative estimate of drug-likeness (QED) is 0.815. The Hall–Kier alpha value is -2.58. The van der Waals surface area contributed by atoms with Gasteiger partial charge in [-0.25, -0.2) is 13.6 Å². The number of primary sulfonamides is 1. The van der Waals surface area contributed by atoms with Crippen LogP contribution in [0.4, 0.5) is 5.69 Å². The number of nitrogens with two attached hydrogens (primary N) is 1. The van der Waals surface area contributed by atoms with E-state index in [0.717, 1.165) is 11.1 Å². The Kier molecular flexibility index (Phi) is 5.66. The summed E-state index contributed by atoms with van der Waals surface area (Å²) in [6.07, 6.45) is 0. The molecule has 0 aromatic heterocycles. The summed E-state index contributed by atoms with van der Waals surface area (Å²) in [7, 11) is -2.48. The third-order valence-corrected chi connectivity index (χ3v) is 4.39. The second-order valence-corrected chi connectivity index (χ2v) is 7.07. The van der Waals surface area contributed by atoms with Crippen molar-refractivity contribution in [3.05, 3.63) is 47.5 Å². The van der Waals surface area contributed by atoms with Crippen LogP contribution in [-0.4, -0.2) is 28.0 Å². The van der Waals surface area contributed by atoms with Crippen molar-refractivity contribution in [1.82, 2.24) is 0 Å². The Morgan fingerprint density at radius 1 is 1.12 bits per heavy atom. The van der Waals surface area contributed by atoms with E-state index in [-0.39, 0.29) is 17.2 Å². The average molecular weight is 364 g/mol. The van der Waals surface area contributed by atoms with Gasteiger partial charge in [0.25, 0.3) is 5.91 Å². The third kappa shape index (κ3) is 4.94. The van der Waals surface area contributed by atoms with E-state index < -0.39 is 15.9 Å². The highest BCUT2D eigenvalue weighted by Crippen LogP contribution is 2.27. The van der Waals surface area contributed by atoms with E-state index in [1.807, 2.05) is 32.0 Å². The molecule has 2 rings (SSSR count). The zero-order valence-corrected chi connectivity index (χ0v) is 15.0. The van der Waals surface area contributed by atoms with Crippen molar-refractivity contribution in [2.24, 2.45) is 5.14 Å². The number of rotatable bonds is 6. The van der Waals surface area contributed by atoms with Gasteiger partial charge < -0.3 is 14.8 Å². The Labute approximate surface area is 146 Å². The minimum Gasteiger partial charge on any atom is -0.495 e. The summed E-state index contributed by atoms with van der Waals surface area (Å²) in [6, 6.07) is 9.65. The molecule has 0 saturated heterocycles. The lowest BCUT2D eigenvalue weighted by atomic mass is 10.1. The molecule has 0 fully saturated rings. The van der Waals surface area contributed by atoms with Crippen molar-refractivity contribution in [1.29, 1.82) is 0 Å². The Morgan fingerprint density at radius 2 is 1.84 bits per heavy atom. The first-order valence-corrected chi connectivity index (χ1v) is 8.96. The van der Waals surface area contributed by atoms with Crippen LogP contribution >= 0.6 is 0 Å². The van der Waals surface area contributed by atoms with Crippen LogP contribution in [0.15, 0.2) is 41.3 Å². The first kappa shape index (κ1) is 18.8. The van der Waals surface area contributed by atoms with Crippen molar-refractivity contribution >= 4 is 21.6 Å². The van der Waals surface area contributed by atoms with Gasteiger partial charge in [-0.2, -0.15) is 0 Å². The fraction of sp³-hybridized carbons (Fsp3) is 0.235. The number of carbonyl (C=O) groups excluding carboxylic acids is 1. The number of methoxy groups -OCH3 is 1. The van der Waals surface area contributed by atoms with E-state index in [1.54, 1.807) is 0 Å². The summed E-state index contributed by atoms with van der Waals surface area (Å²) in [4.78, 5) is 12.0. The molecule has 3 N–H and O–H groups in total.